The molecule has 0 spiro atoms. The van der Waals surface area contributed by atoms with Gasteiger partial charge in [0.25, 0.3) is 0 Å². The second-order valence-electron chi connectivity index (χ2n) is 4.88. The van der Waals surface area contributed by atoms with Crippen LogP contribution in [0.3, 0.4) is 0 Å². The lowest BCUT2D eigenvalue weighted by Crippen LogP contribution is -2.30. The van der Waals surface area contributed by atoms with E-state index in [1.807, 2.05) is 0 Å². The van der Waals surface area contributed by atoms with E-state index in [-0.39, 0.29) is 0 Å². The maximum atomic E-state index is 4.19. The van der Waals surface area contributed by atoms with Gasteiger partial charge in [-0.1, -0.05) is 42.9 Å². The Labute approximate surface area is 101 Å². The summed E-state index contributed by atoms with van der Waals surface area (Å²) in [6.45, 7) is 11.0. The van der Waals surface area contributed by atoms with Gasteiger partial charge in [-0.2, -0.15) is 0 Å². The van der Waals surface area contributed by atoms with Crippen LogP contribution in [0, 0.1) is 5.92 Å². The van der Waals surface area contributed by atoms with E-state index in [4.69, 9.17) is 0 Å². The first-order valence-corrected chi connectivity index (χ1v) is 6.34. The average Bonchev–Trinajstić information content (AvgIpc) is 2.29. The van der Waals surface area contributed by atoms with Gasteiger partial charge in [0.05, 0.1) is 0 Å². The largest absolute Gasteiger partial charge is 0.306 e. The predicted molar refractivity (Wildman–Crippen MR) is 72.5 cm³/mol. The highest BCUT2D eigenvalue weighted by Crippen LogP contribution is 2.23. The zero-order valence-electron chi connectivity index (χ0n) is 11.0. The summed E-state index contributed by atoms with van der Waals surface area (Å²) in [5.41, 5.74) is 2.72. The van der Waals surface area contributed by atoms with Gasteiger partial charge in [0.15, 0.2) is 0 Å². The molecule has 0 aromatic heterocycles. The number of rotatable bonds is 4. The van der Waals surface area contributed by atoms with Gasteiger partial charge in [-0.25, -0.2) is 0 Å². The fourth-order valence-electron chi connectivity index (χ4n) is 1.97. The summed E-state index contributed by atoms with van der Waals surface area (Å²) in [4.78, 5) is 2.40. The summed E-state index contributed by atoms with van der Waals surface area (Å²) in [5, 5.41) is 0. The number of hydrogen-bond donors (Lipinski definition) is 0. The van der Waals surface area contributed by atoms with Crippen LogP contribution in [0.1, 0.15) is 33.1 Å². The van der Waals surface area contributed by atoms with Gasteiger partial charge in [-0.3, -0.25) is 0 Å². The summed E-state index contributed by atoms with van der Waals surface area (Å²) in [6.07, 6.45) is 10.2. The molecule has 1 saturated heterocycles. The predicted octanol–water partition coefficient (Wildman–Crippen LogP) is 3.80. The summed E-state index contributed by atoms with van der Waals surface area (Å²) in [6, 6.07) is 0. The van der Waals surface area contributed by atoms with E-state index in [9.17, 15) is 0 Å². The average molecular weight is 219 g/mol. The monoisotopic (exact) mass is 219 g/mol. The van der Waals surface area contributed by atoms with Crippen LogP contribution in [0.25, 0.3) is 0 Å². The Morgan fingerprint density at radius 3 is 2.56 bits per heavy atom. The molecule has 0 bridgehead atoms. The molecule has 0 aliphatic carbocycles. The van der Waals surface area contributed by atoms with Crippen molar-refractivity contribution in [3.8, 4) is 0 Å². The van der Waals surface area contributed by atoms with E-state index in [1.165, 1.54) is 37.1 Å². The van der Waals surface area contributed by atoms with Crippen LogP contribution in [0.4, 0.5) is 0 Å². The molecule has 1 aliphatic heterocycles. The normalized spacial score (nSPS) is 20.6. The molecule has 90 valence electrons. The third kappa shape index (κ3) is 4.36. The standard InChI is InChI=1S/C15H25N/c1-5-13(2)7-6-8-14(3)15-9-11-16(4)12-10-15/h6-8,15H,3,5,9-12H2,1-2,4H3/b8-6-,13-7+. The lowest BCUT2D eigenvalue weighted by atomic mass is 9.90. The van der Waals surface area contributed by atoms with E-state index >= 15 is 0 Å². The molecule has 0 N–H and O–H groups in total. The molecule has 1 heterocycles. The van der Waals surface area contributed by atoms with Gasteiger partial charge < -0.3 is 4.90 Å². The van der Waals surface area contributed by atoms with Crippen LogP contribution in [0.2, 0.25) is 0 Å². The summed E-state index contributed by atoms with van der Waals surface area (Å²) < 4.78 is 0. The Hall–Kier alpha value is -0.820. The van der Waals surface area contributed by atoms with Crippen LogP contribution in [0.15, 0.2) is 36.0 Å². The van der Waals surface area contributed by atoms with Gasteiger partial charge in [0, 0.05) is 0 Å². The Kier molecular flexibility index (Phi) is 5.54. The Morgan fingerprint density at radius 1 is 1.38 bits per heavy atom. The van der Waals surface area contributed by atoms with E-state index in [2.05, 4.69) is 50.6 Å². The second-order valence-corrected chi connectivity index (χ2v) is 4.88. The maximum absolute atomic E-state index is 4.19. The molecule has 0 saturated carbocycles. The highest BCUT2D eigenvalue weighted by Gasteiger charge is 2.17. The van der Waals surface area contributed by atoms with Crippen LogP contribution in [0.5, 0.6) is 0 Å². The summed E-state index contributed by atoms with van der Waals surface area (Å²) >= 11 is 0. The molecule has 0 amide bonds. The molecule has 0 unspecified atom stereocenters. The number of nitrogens with zero attached hydrogens (tertiary/aromatic N) is 1. The molecule has 0 aromatic carbocycles. The van der Waals surface area contributed by atoms with Gasteiger partial charge in [0.2, 0.25) is 0 Å². The van der Waals surface area contributed by atoms with Crippen molar-refractivity contribution in [2.45, 2.75) is 33.1 Å². The SMILES string of the molecule is C=C(/C=C\C=C(/C)CC)C1CCN(C)CC1. The van der Waals surface area contributed by atoms with E-state index in [1.54, 1.807) is 0 Å². The van der Waals surface area contributed by atoms with Crippen molar-refractivity contribution in [3.63, 3.8) is 0 Å². The second kappa shape index (κ2) is 6.70. The van der Waals surface area contributed by atoms with Gasteiger partial charge in [0.1, 0.15) is 0 Å². The summed E-state index contributed by atoms with van der Waals surface area (Å²) in [7, 11) is 2.20. The highest BCUT2D eigenvalue weighted by atomic mass is 15.1. The number of likely N-dealkylation sites (tertiary alicyclic amines) is 1. The minimum atomic E-state index is 0.697. The lowest BCUT2D eigenvalue weighted by Gasteiger charge is -2.29. The van der Waals surface area contributed by atoms with Crippen LogP contribution in [-0.2, 0) is 0 Å². The number of hydrogen-bond acceptors (Lipinski definition) is 1. The molecular weight excluding hydrogens is 194 g/mol. The molecule has 0 radical (unpaired) electrons. The third-order valence-corrected chi connectivity index (χ3v) is 3.49. The van der Waals surface area contributed by atoms with Crippen molar-refractivity contribution in [3.05, 3.63) is 36.0 Å². The molecule has 16 heavy (non-hydrogen) atoms. The molecule has 1 heteroatoms. The van der Waals surface area contributed by atoms with Crippen molar-refractivity contribution in [2.75, 3.05) is 20.1 Å². The van der Waals surface area contributed by atoms with Gasteiger partial charge >= 0.3 is 0 Å². The third-order valence-electron chi connectivity index (χ3n) is 3.49. The zero-order valence-corrected chi connectivity index (χ0v) is 11.0. The Balaban J connectivity index is 2.40. The van der Waals surface area contributed by atoms with E-state index in [0.717, 1.165) is 6.42 Å². The smallest absolute Gasteiger partial charge is 0.00160 e. The first kappa shape index (κ1) is 13.2. The quantitative estimate of drug-likeness (QED) is 0.650. The highest BCUT2D eigenvalue weighted by molar-refractivity contribution is 5.23. The van der Waals surface area contributed by atoms with Gasteiger partial charge in [-0.05, 0) is 52.2 Å². The van der Waals surface area contributed by atoms with Crippen LogP contribution < -0.4 is 0 Å². The van der Waals surface area contributed by atoms with Crippen molar-refractivity contribution in [2.24, 2.45) is 5.92 Å². The number of allylic oxidation sites excluding steroid dienone is 5. The molecule has 1 nitrogen and oxygen atoms in total. The Bertz CT molecular complexity index is 278. The van der Waals surface area contributed by atoms with Crippen molar-refractivity contribution in [1.82, 2.24) is 4.90 Å². The first-order valence-electron chi connectivity index (χ1n) is 6.34. The van der Waals surface area contributed by atoms with Crippen molar-refractivity contribution >= 4 is 0 Å². The zero-order chi connectivity index (χ0) is 12.0. The molecule has 1 aliphatic rings. The van der Waals surface area contributed by atoms with Gasteiger partial charge in [-0.15, -0.1) is 0 Å². The van der Waals surface area contributed by atoms with Crippen molar-refractivity contribution < 1.29 is 0 Å². The first-order chi connectivity index (χ1) is 7.63. The van der Waals surface area contributed by atoms with Crippen LogP contribution >= 0.6 is 0 Å². The fourth-order valence-corrected chi connectivity index (χ4v) is 1.97. The lowest BCUT2D eigenvalue weighted by molar-refractivity contribution is 0.240. The summed E-state index contributed by atoms with van der Waals surface area (Å²) in [5.74, 6) is 0.697. The van der Waals surface area contributed by atoms with Crippen LogP contribution in [-0.4, -0.2) is 25.0 Å². The number of piperidine rings is 1. The van der Waals surface area contributed by atoms with E-state index < -0.39 is 0 Å². The molecular formula is C15H25N. The molecule has 0 atom stereocenters. The van der Waals surface area contributed by atoms with Crippen molar-refractivity contribution in [1.29, 1.82) is 0 Å². The Morgan fingerprint density at radius 2 is 2.00 bits per heavy atom. The molecule has 0 aromatic rings. The minimum absolute atomic E-state index is 0.697. The minimum Gasteiger partial charge on any atom is -0.306 e. The maximum Gasteiger partial charge on any atom is -0.00160 e. The van der Waals surface area contributed by atoms with E-state index in [0.29, 0.717) is 5.92 Å². The molecule has 1 fully saturated rings. The molecule has 1 rings (SSSR count). The fraction of sp³-hybridized carbons (Fsp3) is 0.600. The topological polar surface area (TPSA) is 3.24 Å².